The van der Waals surface area contributed by atoms with Crippen molar-refractivity contribution in [2.24, 2.45) is 5.92 Å². The van der Waals surface area contributed by atoms with Crippen molar-refractivity contribution in [1.29, 1.82) is 0 Å². The molecule has 32 heavy (non-hydrogen) atoms. The first-order valence-electron chi connectivity index (χ1n) is 11.3. The molecule has 0 aliphatic carbocycles. The smallest absolute Gasteiger partial charge is 0.226 e. The first kappa shape index (κ1) is 22.7. The van der Waals surface area contributed by atoms with Crippen LogP contribution in [0.2, 0.25) is 5.02 Å². The molecule has 2 amide bonds. The number of carbonyl (C=O) groups excluding carboxylic acids is 2. The second kappa shape index (κ2) is 10.4. The molecule has 0 spiro atoms. The Morgan fingerprint density at radius 2 is 1.72 bits per heavy atom. The van der Waals surface area contributed by atoms with Gasteiger partial charge in [0.05, 0.1) is 0 Å². The zero-order valence-electron chi connectivity index (χ0n) is 18.5. The first-order chi connectivity index (χ1) is 15.5. The van der Waals surface area contributed by atoms with Gasteiger partial charge >= 0.3 is 0 Å². The van der Waals surface area contributed by atoms with E-state index in [-0.39, 0.29) is 17.7 Å². The van der Waals surface area contributed by atoms with E-state index in [1.165, 1.54) is 0 Å². The van der Waals surface area contributed by atoms with E-state index in [0.717, 1.165) is 44.6 Å². The number of aryl methyl sites for hydroxylation is 1. The highest BCUT2D eigenvalue weighted by molar-refractivity contribution is 6.30. The lowest BCUT2D eigenvalue weighted by Gasteiger charge is -2.37. The highest BCUT2D eigenvalue weighted by atomic mass is 35.5. The number of piperazine rings is 1. The lowest BCUT2D eigenvalue weighted by Crippen LogP contribution is -2.51. The molecule has 2 aliphatic heterocycles. The molecule has 0 saturated carbocycles. The molecule has 0 atom stereocenters. The summed E-state index contributed by atoms with van der Waals surface area (Å²) in [5.74, 6) is 1.49. The lowest BCUT2D eigenvalue weighted by molar-refractivity contribution is -0.142. The number of amides is 2. The molecule has 0 N–H and O–H groups in total. The van der Waals surface area contributed by atoms with Crippen LogP contribution in [0.1, 0.15) is 31.6 Å². The zero-order valence-corrected chi connectivity index (χ0v) is 19.3. The predicted molar refractivity (Wildman–Crippen MR) is 121 cm³/mol. The molecule has 1 aromatic carbocycles. The lowest BCUT2D eigenvalue weighted by atomic mass is 9.94. The van der Waals surface area contributed by atoms with Gasteiger partial charge in [0.25, 0.3) is 0 Å². The molecule has 3 heterocycles. The average Bonchev–Trinajstić information content (AvgIpc) is 3.28. The number of aromatic nitrogens is 2. The van der Waals surface area contributed by atoms with E-state index in [9.17, 15) is 9.59 Å². The van der Waals surface area contributed by atoms with Crippen LogP contribution in [0.4, 0.5) is 0 Å². The summed E-state index contributed by atoms with van der Waals surface area (Å²) < 4.78 is 5.32. The first-order valence-corrected chi connectivity index (χ1v) is 11.7. The SMILES string of the molecule is CN1CCN(C(=O)C2CCN(C(=O)CCCc3nc(-c4ccc(Cl)cc4)no3)CC2)CC1. The van der Waals surface area contributed by atoms with E-state index >= 15 is 0 Å². The van der Waals surface area contributed by atoms with E-state index in [1.54, 1.807) is 12.1 Å². The minimum absolute atomic E-state index is 0.0483. The number of likely N-dealkylation sites (tertiary alicyclic amines) is 1. The normalized spacial score (nSPS) is 18.2. The van der Waals surface area contributed by atoms with E-state index in [2.05, 4.69) is 22.1 Å². The topological polar surface area (TPSA) is 82.8 Å². The Morgan fingerprint density at radius 1 is 1.03 bits per heavy atom. The summed E-state index contributed by atoms with van der Waals surface area (Å²) in [6.45, 7) is 4.80. The Kier molecular flexibility index (Phi) is 7.42. The number of carbonyl (C=O) groups is 2. The van der Waals surface area contributed by atoms with Crippen LogP contribution >= 0.6 is 11.6 Å². The fourth-order valence-electron chi connectivity index (χ4n) is 4.28. The number of hydrogen-bond donors (Lipinski definition) is 0. The highest BCUT2D eigenvalue weighted by Gasteiger charge is 2.31. The average molecular weight is 460 g/mol. The van der Waals surface area contributed by atoms with Crippen molar-refractivity contribution in [2.75, 3.05) is 46.3 Å². The molecular weight excluding hydrogens is 430 g/mol. The molecule has 0 unspecified atom stereocenters. The van der Waals surface area contributed by atoms with Crippen LogP contribution in [0.15, 0.2) is 28.8 Å². The maximum absolute atomic E-state index is 12.8. The summed E-state index contributed by atoms with van der Waals surface area (Å²) >= 11 is 5.91. The molecule has 1 aromatic heterocycles. The molecule has 2 fully saturated rings. The van der Waals surface area contributed by atoms with Gasteiger partial charge in [-0.15, -0.1) is 0 Å². The Morgan fingerprint density at radius 3 is 2.41 bits per heavy atom. The fourth-order valence-corrected chi connectivity index (χ4v) is 4.41. The van der Waals surface area contributed by atoms with Gasteiger partial charge in [0.2, 0.25) is 23.5 Å². The van der Waals surface area contributed by atoms with Crippen molar-refractivity contribution in [2.45, 2.75) is 32.1 Å². The third-order valence-electron chi connectivity index (χ3n) is 6.36. The van der Waals surface area contributed by atoms with Crippen molar-refractivity contribution < 1.29 is 14.1 Å². The largest absolute Gasteiger partial charge is 0.343 e. The van der Waals surface area contributed by atoms with Crippen molar-refractivity contribution in [3.8, 4) is 11.4 Å². The number of nitrogens with zero attached hydrogens (tertiary/aromatic N) is 5. The van der Waals surface area contributed by atoms with Crippen LogP contribution in [0.3, 0.4) is 0 Å². The van der Waals surface area contributed by atoms with Gasteiger partial charge in [-0.1, -0.05) is 16.8 Å². The maximum Gasteiger partial charge on any atom is 0.226 e. The van der Waals surface area contributed by atoms with Crippen LogP contribution in [0.25, 0.3) is 11.4 Å². The summed E-state index contributed by atoms with van der Waals surface area (Å²) in [5.41, 5.74) is 0.842. The second-order valence-electron chi connectivity index (χ2n) is 8.66. The van der Waals surface area contributed by atoms with Gasteiger partial charge in [-0.2, -0.15) is 4.98 Å². The Labute approximate surface area is 193 Å². The van der Waals surface area contributed by atoms with Gasteiger partial charge in [0.15, 0.2) is 0 Å². The van der Waals surface area contributed by atoms with Gasteiger partial charge in [-0.3, -0.25) is 9.59 Å². The van der Waals surface area contributed by atoms with Crippen LogP contribution in [-0.2, 0) is 16.0 Å². The zero-order chi connectivity index (χ0) is 22.5. The third-order valence-corrected chi connectivity index (χ3v) is 6.62. The Balaban J connectivity index is 1.18. The Bertz CT molecular complexity index is 916. The van der Waals surface area contributed by atoms with Crippen LogP contribution in [0, 0.1) is 5.92 Å². The van der Waals surface area contributed by atoms with Crippen LogP contribution < -0.4 is 0 Å². The molecule has 0 radical (unpaired) electrons. The number of hydrogen-bond acceptors (Lipinski definition) is 6. The molecular formula is C23H30ClN5O3. The number of likely N-dealkylation sites (N-methyl/N-ethyl adjacent to an activating group) is 1. The standard InChI is InChI=1S/C23H30ClN5O3/c1-27-13-15-29(16-14-27)23(31)18-9-11-28(12-10-18)21(30)4-2-3-20-25-22(26-32-20)17-5-7-19(24)8-6-17/h5-8,18H,2-4,9-16H2,1H3. The van der Waals surface area contributed by atoms with Crippen molar-refractivity contribution in [1.82, 2.24) is 24.8 Å². The minimum atomic E-state index is 0.0483. The van der Waals surface area contributed by atoms with E-state index in [1.807, 2.05) is 21.9 Å². The monoisotopic (exact) mass is 459 g/mol. The molecule has 2 saturated heterocycles. The molecule has 0 bridgehead atoms. The molecule has 172 valence electrons. The van der Waals surface area contributed by atoms with E-state index in [0.29, 0.717) is 49.1 Å². The molecule has 8 nitrogen and oxygen atoms in total. The summed E-state index contributed by atoms with van der Waals surface area (Å²) in [7, 11) is 2.09. The molecule has 2 aliphatic rings. The van der Waals surface area contributed by atoms with Crippen LogP contribution in [0.5, 0.6) is 0 Å². The predicted octanol–water partition coefficient (Wildman–Crippen LogP) is 2.73. The number of piperidine rings is 1. The Hall–Kier alpha value is -2.45. The summed E-state index contributed by atoms with van der Waals surface area (Å²) in [4.78, 5) is 35.9. The number of halogens is 1. The van der Waals surface area contributed by atoms with Gasteiger partial charge < -0.3 is 19.2 Å². The van der Waals surface area contributed by atoms with Gasteiger partial charge in [-0.05, 0) is 50.6 Å². The highest BCUT2D eigenvalue weighted by Crippen LogP contribution is 2.22. The van der Waals surface area contributed by atoms with E-state index < -0.39 is 0 Å². The molecule has 2 aromatic rings. The van der Waals surface area contributed by atoms with Crippen molar-refractivity contribution in [3.05, 3.63) is 35.2 Å². The summed E-state index contributed by atoms with van der Waals surface area (Å²) in [5, 5.41) is 4.66. The maximum atomic E-state index is 12.8. The summed E-state index contributed by atoms with van der Waals surface area (Å²) in [6.07, 6.45) is 3.16. The minimum Gasteiger partial charge on any atom is -0.343 e. The van der Waals surface area contributed by atoms with Gasteiger partial charge in [-0.25, -0.2) is 0 Å². The third kappa shape index (κ3) is 5.66. The second-order valence-corrected chi connectivity index (χ2v) is 9.09. The van der Waals surface area contributed by atoms with Gasteiger partial charge in [0.1, 0.15) is 0 Å². The van der Waals surface area contributed by atoms with E-state index in [4.69, 9.17) is 16.1 Å². The van der Waals surface area contributed by atoms with Crippen molar-refractivity contribution in [3.63, 3.8) is 0 Å². The van der Waals surface area contributed by atoms with Crippen LogP contribution in [-0.4, -0.2) is 83.0 Å². The quantitative estimate of drug-likeness (QED) is 0.660. The molecule has 4 rings (SSSR count). The fraction of sp³-hybridized carbons (Fsp3) is 0.565. The number of rotatable bonds is 6. The molecule has 9 heteroatoms. The summed E-state index contributed by atoms with van der Waals surface area (Å²) in [6, 6.07) is 7.26. The van der Waals surface area contributed by atoms with Gasteiger partial charge in [0, 0.05) is 68.6 Å². The number of benzene rings is 1. The van der Waals surface area contributed by atoms with Crippen molar-refractivity contribution >= 4 is 23.4 Å².